The van der Waals surface area contributed by atoms with Gasteiger partial charge in [-0.25, -0.2) is 0 Å². The summed E-state index contributed by atoms with van der Waals surface area (Å²) in [6.07, 6.45) is 1.44. The Bertz CT molecular complexity index is 298. The Balaban J connectivity index is 3.15. The lowest BCUT2D eigenvalue weighted by Crippen LogP contribution is -1.99. The molecule has 12 heavy (non-hydrogen) atoms. The second kappa shape index (κ2) is 4.04. The van der Waals surface area contributed by atoms with Crippen molar-refractivity contribution in [1.82, 2.24) is 0 Å². The van der Waals surface area contributed by atoms with Crippen LogP contribution in [0.4, 0.5) is 5.69 Å². The molecule has 4 heteroatoms. The summed E-state index contributed by atoms with van der Waals surface area (Å²) >= 11 is 17.4. The van der Waals surface area contributed by atoms with Crippen LogP contribution in [0.15, 0.2) is 31.0 Å². The van der Waals surface area contributed by atoms with E-state index in [1.165, 1.54) is 10.6 Å². The average molecular weight is 223 g/mol. The molecule has 0 fully saturated rings. The molecule has 1 aromatic rings. The van der Waals surface area contributed by atoms with E-state index in [1.54, 1.807) is 18.2 Å². The van der Waals surface area contributed by atoms with E-state index in [0.717, 1.165) is 0 Å². The van der Waals surface area contributed by atoms with Gasteiger partial charge in [0.05, 0.1) is 15.7 Å². The standard InChI is InChI=1S/C8H6Cl3N/c1-2-12(11)7-5-3-4-6(9)8(7)10/h2-5H,1H2. The molecule has 1 nitrogen and oxygen atoms in total. The van der Waals surface area contributed by atoms with Gasteiger partial charge in [0, 0.05) is 18.0 Å². The summed E-state index contributed by atoms with van der Waals surface area (Å²) in [4.78, 5) is 0. The van der Waals surface area contributed by atoms with E-state index in [2.05, 4.69) is 6.58 Å². The molecule has 1 aromatic carbocycles. The van der Waals surface area contributed by atoms with Crippen molar-refractivity contribution < 1.29 is 0 Å². The molecular weight excluding hydrogens is 216 g/mol. The van der Waals surface area contributed by atoms with Crippen molar-refractivity contribution in [2.45, 2.75) is 0 Å². The Morgan fingerprint density at radius 1 is 1.33 bits per heavy atom. The number of hydrogen-bond acceptors (Lipinski definition) is 1. The first-order valence-corrected chi connectivity index (χ1v) is 4.28. The predicted molar refractivity (Wildman–Crippen MR) is 55.0 cm³/mol. The van der Waals surface area contributed by atoms with Gasteiger partial charge in [0.15, 0.2) is 0 Å². The molecule has 0 aliphatic rings. The van der Waals surface area contributed by atoms with Crippen LogP contribution in [0, 0.1) is 0 Å². The van der Waals surface area contributed by atoms with Gasteiger partial charge in [-0.05, 0) is 12.1 Å². The van der Waals surface area contributed by atoms with Crippen molar-refractivity contribution in [2.75, 3.05) is 4.42 Å². The Labute approximate surface area is 86.3 Å². The van der Waals surface area contributed by atoms with E-state index in [0.29, 0.717) is 15.7 Å². The number of benzene rings is 1. The summed E-state index contributed by atoms with van der Waals surface area (Å²) in [5, 5.41) is 0.899. The van der Waals surface area contributed by atoms with E-state index in [4.69, 9.17) is 35.0 Å². The maximum Gasteiger partial charge on any atom is 0.0842 e. The van der Waals surface area contributed by atoms with Crippen LogP contribution in [0.3, 0.4) is 0 Å². The van der Waals surface area contributed by atoms with Crippen molar-refractivity contribution in [2.24, 2.45) is 0 Å². The Morgan fingerprint density at radius 3 is 2.58 bits per heavy atom. The van der Waals surface area contributed by atoms with E-state index < -0.39 is 0 Å². The van der Waals surface area contributed by atoms with E-state index in [9.17, 15) is 0 Å². The van der Waals surface area contributed by atoms with Gasteiger partial charge in [-0.15, -0.1) is 0 Å². The quantitative estimate of drug-likeness (QED) is 0.681. The second-order valence-electron chi connectivity index (χ2n) is 2.07. The molecular formula is C8H6Cl3N. The van der Waals surface area contributed by atoms with Crippen LogP contribution in [-0.2, 0) is 0 Å². The minimum atomic E-state index is 0.425. The fraction of sp³-hybridized carbons (Fsp3) is 0. The van der Waals surface area contributed by atoms with Crippen LogP contribution in [0.1, 0.15) is 0 Å². The minimum absolute atomic E-state index is 0.425. The molecule has 0 aliphatic heterocycles. The topological polar surface area (TPSA) is 3.24 Å². The molecule has 0 saturated carbocycles. The Hall–Kier alpha value is -0.370. The summed E-state index contributed by atoms with van der Waals surface area (Å²) in [5.41, 5.74) is 0.626. The summed E-state index contributed by atoms with van der Waals surface area (Å²) < 4.78 is 1.29. The van der Waals surface area contributed by atoms with Crippen molar-refractivity contribution in [3.05, 3.63) is 41.0 Å². The first-order chi connectivity index (χ1) is 5.66. The van der Waals surface area contributed by atoms with Crippen molar-refractivity contribution in [3.8, 4) is 0 Å². The predicted octanol–water partition coefficient (Wildman–Crippen LogP) is 4.10. The molecule has 0 atom stereocenters. The van der Waals surface area contributed by atoms with Gasteiger partial charge in [-0.2, -0.15) is 0 Å². The number of halogens is 3. The van der Waals surface area contributed by atoms with E-state index >= 15 is 0 Å². The zero-order valence-corrected chi connectivity index (χ0v) is 8.37. The average Bonchev–Trinajstić information content (AvgIpc) is 2.08. The number of hydrogen-bond donors (Lipinski definition) is 0. The molecule has 0 radical (unpaired) electrons. The van der Waals surface area contributed by atoms with Crippen LogP contribution in [0.2, 0.25) is 10.0 Å². The van der Waals surface area contributed by atoms with E-state index in [1.807, 2.05) is 0 Å². The number of nitrogens with zero attached hydrogens (tertiary/aromatic N) is 1. The monoisotopic (exact) mass is 221 g/mol. The van der Waals surface area contributed by atoms with Crippen LogP contribution in [-0.4, -0.2) is 0 Å². The van der Waals surface area contributed by atoms with Crippen molar-refractivity contribution >= 4 is 40.7 Å². The largest absolute Gasteiger partial charge is 0.260 e. The van der Waals surface area contributed by atoms with Crippen LogP contribution < -0.4 is 4.42 Å². The Morgan fingerprint density at radius 2 is 2.00 bits per heavy atom. The molecule has 0 N–H and O–H groups in total. The summed E-state index contributed by atoms with van der Waals surface area (Å²) in [6, 6.07) is 5.21. The van der Waals surface area contributed by atoms with Gasteiger partial charge < -0.3 is 0 Å². The number of anilines is 1. The highest BCUT2D eigenvalue weighted by atomic mass is 35.5. The minimum Gasteiger partial charge on any atom is -0.260 e. The molecule has 0 amide bonds. The first-order valence-electron chi connectivity index (χ1n) is 3.18. The lowest BCUT2D eigenvalue weighted by atomic mass is 10.3. The highest BCUT2D eigenvalue weighted by molar-refractivity contribution is 6.44. The third-order valence-electron chi connectivity index (χ3n) is 1.32. The van der Waals surface area contributed by atoms with Gasteiger partial charge in [0.2, 0.25) is 0 Å². The van der Waals surface area contributed by atoms with Crippen molar-refractivity contribution in [3.63, 3.8) is 0 Å². The normalized spacial score (nSPS) is 9.58. The molecule has 0 aromatic heterocycles. The smallest absolute Gasteiger partial charge is 0.0842 e. The fourth-order valence-electron chi connectivity index (χ4n) is 0.756. The van der Waals surface area contributed by atoms with Gasteiger partial charge in [-0.1, -0.05) is 35.8 Å². The highest BCUT2D eigenvalue weighted by Crippen LogP contribution is 2.33. The summed E-state index contributed by atoms with van der Waals surface area (Å²) in [7, 11) is 0. The van der Waals surface area contributed by atoms with Gasteiger partial charge in [-0.3, -0.25) is 4.42 Å². The van der Waals surface area contributed by atoms with Gasteiger partial charge in [0.25, 0.3) is 0 Å². The highest BCUT2D eigenvalue weighted by Gasteiger charge is 2.07. The maximum absolute atomic E-state index is 5.86. The second-order valence-corrected chi connectivity index (χ2v) is 3.22. The SMILES string of the molecule is C=CN(Cl)c1cccc(Cl)c1Cl. The zero-order chi connectivity index (χ0) is 9.14. The summed E-state index contributed by atoms with van der Waals surface area (Å²) in [6.45, 7) is 3.50. The molecule has 0 saturated heterocycles. The van der Waals surface area contributed by atoms with Crippen molar-refractivity contribution in [1.29, 1.82) is 0 Å². The molecule has 0 aliphatic carbocycles. The molecule has 0 heterocycles. The molecule has 1 rings (SSSR count). The van der Waals surface area contributed by atoms with Crippen LogP contribution in [0.5, 0.6) is 0 Å². The lowest BCUT2D eigenvalue weighted by Gasteiger charge is -2.11. The van der Waals surface area contributed by atoms with Gasteiger partial charge >= 0.3 is 0 Å². The van der Waals surface area contributed by atoms with Gasteiger partial charge in [0.1, 0.15) is 0 Å². The summed E-state index contributed by atoms with van der Waals surface area (Å²) in [5.74, 6) is 0. The fourth-order valence-corrected chi connectivity index (χ4v) is 1.33. The first kappa shape index (κ1) is 9.72. The third-order valence-corrected chi connectivity index (χ3v) is 2.45. The maximum atomic E-state index is 5.86. The Kier molecular flexibility index (Phi) is 3.27. The third kappa shape index (κ3) is 1.86. The lowest BCUT2D eigenvalue weighted by molar-refractivity contribution is 1.44. The van der Waals surface area contributed by atoms with Crippen LogP contribution in [0.25, 0.3) is 0 Å². The zero-order valence-electron chi connectivity index (χ0n) is 6.10. The molecule has 0 bridgehead atoms. The van der Waals surface area contributed by atoms with Crippen LogP contribution >= 0.6 is 35.0 Å². The molecule has 64 valence electrons. The molecule has 0 unspecified atom stereocenters. The number of rotatable bonds is 2. The van der Waals surface area contributed by atoms with E-state index in [-0.39, 0.29) is 0 Å². The molecule has 0 spiro atoms.